The largest absolute Gasteiger partial charge is 0.378 e. The van der Waals surface area contributed by atoms with E-state index in [0.29, 0.717) is 6.04 Å². The smallest absolute Gasteiger partial charge is 0.0535 e. The van der Waals surface area contributed by atoms with E-state index in [2.05, 4.69) is 60.8 Å². The first-order valence-electron chi connectivity index (χ1n) is 7.98. The summed E-state index contributed by atoms with van der Waals surface area (Å²) < 4.78 is 0. The van der Waals surface area contributed by atoms with Gasteiger partial charge in [-0.3, -0.25) is 0 Å². The summed E-state index contributed by atoms with van der Waals surface area (Å²) in [7, 11) is 0. The predicted molar refractivity (Wildman–Crippen MR) is 89.4 cm³/mol. The van der Waals surface area contributed by atoms with E-state index in [1.54, 1.807) is 0 Å². The van der Waals surface area contributed by atoms with Gasteiger partial charge in [-0.1, -0.05) is 49.7 Å². The van der Waals surface area contributed by atoms with Crippen molar-refractivity contribution in [1.82, 2.24) is 0 Å². The number of nitrogens with two attached hydrogens (primary N) is 1. The minimum Gasteiger partial charge on any atom is -0.378 e. The van der Waals surface area contributed by atoms with Crippen molar-refractivity contribution in [3.63, 3.8) is 0 Å². The molecule has 0 amide bonds. The third-order valence-corrected chi connectivity index (χ3v) is 4.37. The highest BCUT2D eigenvalue weighted by Gasteiger charge is 2.27. The van der Waals surface area contributed by atoms with Gasteiger partial charge in [0.25, 0.3) is 0 Å². The van der Waals surface area contributed by atoms with Gasteiger partial charge in [0.15, 0.2) is 0 Å². The predicted octanol–water partition coefficient (Wildman–Crippen LogP) is 4.59. The Morgan fingerprint density at radius 1 is 1.05 bits per heavy atom. The number of benzene rings is 2. The number of fused-ring (bicyclic) bond motifs is 1. The molecule has 0 saturated heterocycles. The lowest BCUT2D eigenvalue weighted by molar-refractivity contribution is 0.648. The van der Waals surface area contributed by atoms with Crippen LogP contribution in [0.4, 0.5) is 5.69 Å². The Kier molecular flexibility index (Phi) is 4.26. The van der Waals surface area contributed by atoms with Gasteiger partial charge in [-0.15, -0.1) is 0 Å². The van der Waals surface area contributed by atoms with E-state index in [0.717, 1.165) is 6.42 Å². The molecule has 0 saturated carbocycles. The Morgan fingerprint density at radius 2 is 1.76 bits per heavy atom. The highest BCUT2D eigenvalue weighted by molar-refractivity contribution is 5.50. The van der Waals surface area contributed by atoms with E-state index >= 15 is 0 Å². The lowest BCUT2D eigenvalue weighted by Crippen LogP contribution is -2.09. The molecule has 2 nitrogen and oxygen atoms in total. The number of unbranched alkanes of at least 4 members (excludes halogenated alkanes) is 1. The number of hydrogen-bond donors (Lipinski definition) is 2. The fourth-order valence-electron chi connectivity index (χ4n) is 3.16. The molecule has 110 valence electrons. The van der Waals surface area contributed by atoms with E-state index in [1.165, 1.54) is 41.6 Å². The van der Waals surface area contributed by atoms with Crippen LogP contribution in [0.5, 0.6) is 0 Å². The van der Waals surface area contributed by atoms with Gasteiger partial charge in [0.2, 0.25) is 0 Å². The summed E-state index contributed by atoms with van der Waals surface area (Å²) in [5.41, 5.74) is 11.5. The monoisotopic (exact) mass is 280 g/mol. The molecule has 21 heavy (non-hydrogen) atoms. The van der Waals surface area contributed by atoms with Crippen molar-refractivity contribution in [3.05, 3.63) is 65.2 Å². The zero-order valence-electron chi connectivity index (χ0n) is 12.7. The Bertz CT molecular complexity index is 589. The van der Waals surface area contributed by atoms with Gasteiger partial charge in [-0.25, -0.2) is 0 Å². The maximum absolute atomic E-state index is 6.23. The molecule has 0 radical (unpaired) electrons. The molecular weight excluding hydrogens is 256 g/mol. The van der Waals surface area contributed by atoms with Crippen LogP contribution in [0.25, 0.3) is 0 Å². The van der Waals surface area contributed by atoms with Crippen molar-refractivity contribution >= 4 is 5.69 Å². The standard InChI is InChI=1S/C19H24N2/c1-2-3-6-14-9-11-15(12-10-14)21-19-13-18(20)16-7-4-5-8-17(16)19/h4-5,7-12,18-19,21H,2-3,6,13,20H2,1H3. The second-order valence-electron chi connectivity index (χ2n) is 5.97. The first-order valence-corrected chi connectivity index (χ1v) is 7.98. The first-order chi connectivity index (χ1) is 10.3. The molecule has 2 unspecified atom stereocenters. The second kappa shape index (κ2) is 6.31. The molecule has 0 aliphatic heterocycles. The molecule has 0 spiro atoms. The molecule has 2 atom stereocenters. The Balaban J connectivity index is 1.70. The SMILES string of the molecule is CCCCc1ccc(NC2CC(N)c3ccccc32)cc1. The van der Waals surface area contributed by atoms with Gasteiger partial charge in [0.05, 0.1) is 6.04 Å². The van der Waals surface area contributed by atoms with Crippen LogP contribution >= 0.6 is 0 Å². The Hall–Kier alpha value is -1.80. The van der Waals surface area contributed by atoms with Crippen LogP contribution < -0.4 is 11.1 Å². The summed E-state index contributed by atoms with van der Waals surface area (Å²) in [6, 6.07) is 17.8. The van der Waals surface area contributed by atoms with Crippen LogP contribution in [0.1, 0.15) is 55.0 Å². The zero-order chi connectivity index (χ0) is 14.7. The summed E-state index contributed by atoms with van der Waals surface area (Å²) in [5, 5.41) is 3.63. The number of anilines is 1. The highest BCUT2D eigenvalue weighted by Crippen LogP contribution is 2.39. The van der Waals surface area contributed by atoms with Crippen LogP contribution in [-0.4, -0.2) is 0 Å². The normalized spacial score (nSPS) is 20.3. The Labute approximate surface area is 127 Å². The molecule has 3 N–H and O–H groups in total. The van der Waals surface area contributed by atoms with E-state index in [-0.39, 0.29) is 6.04 Å². The summed E-state index contributed by atoms with van der Waals surface area (Å²) in [6.45, 7) is 2.23. The molecule has 0 heterocycles. The summed E-state index contributed by atoms with van der Waals surface area (Å²) in [5.74, 6) is 0. The molecular formula is C19H24N2. The third kappa shape index (κ3) is 3.11. The van der Waals surface area contributed by atoms with Crippen molar-refractivity contribution in [2.75, 3.05) is 5.32 Å². The van der Waals surface area contributed by atoms with Crippen LogP contribution in [0.15, 0.2) is 48.5 Å². The summed E-state index contributed by atoms with van der Waals surface area (Å²) in [4.78, 5) is 0. The van der Waals surface area contributed by atoms with Gasteiger partial charge in [-0.2, -0.15) is 0 Å². The minimum atomic E-state index is 0.155. The Morgan fingerprint density at radius 3 is 2.48 bits per heavy atom. The molecule has 3 rings (SSSR count). The summed E-state index contributed by atoms with van der Waals surface area (Å²) >= 11 is 0. The third-order valence-electron chi connectivity index (χ3n) is 4.37. The highest BCUT2D eigenvalue weighted by atomic mass is 14.9. The van der Waals surface area contributed by atoms with Crippen LogP contribution in [0.2, 0.25) is 0 Å². The van der Waals surface area contributed by atoms with Gasteiger partial charge in [0, 0.05) is 11.7 Å². The molecule has 2 aromatic rings. The number of rotatable bonds is 5. The van der Waals surface area contributed by atoms with Crippen LogP contribution in [-0.2, 0) is 6.42 Å². The average Bonchev–Trinajstić information content (AvgIpc) is 2.83. The maximum atomic E-state index is 6.23. The quantitative estimate of drug-likeness (QED) is 0.841. The van der Waals surface area contributed by atoms with E-state index < -0.39 is 0 Å². The topological polar surface area (TPSA) is 38.0 Å². The molecule has 2 heteroatoms. The van der Waals surface area contributed by atoms with E-state index in [1.807, 2.05) is 0 Å². The lowest BCUT2D eigenvalue weighted by atomic mass is 10.1. The maximum Gasteiger partial charge on any atom is 0.0535 e. The van der Waals surface area contributed by atoms with E-state index in [9.17, 15) is 0 Å². The molecule has 1 aliphatic rings. The average molecular weight is 280 g/mol. The van der Waals surface area contributed by atoms with Crippen LogP contribution in [0, 0.1) is 0 Å². The van der Waals surface area contributed by atoms with Crippen molar-refractivity contribution in [1.29, 1.82) is 0 Å². The second-order valence-corrected chi connectivity index (χ2v) is 5.97. The first kappa shape index (κ1) is 14.2. The fraction of sp³-hybridized carbons (Fsp3) is 0.368. The van der Waals surface area contributed by atoms with Crippen molar-refractivity contribution in [2.45, 2.75) is 44.7 Å². The lowest BCUT2D eigenvalue weighted by Gasteiger charge is -2.16. The van der Waals surface area contributed by atoms with E-state index in [4.69, 9.17) is 5.73 Å². The minimum absolute atomic E-state index is 0.155. The van der Waals surface area contributed by atoms with Gasteiger partial charge in [0.1, 0.15) is 0 Å². The molecule has 0 aromatic heterocycles. The molecule has 0 bridgehead atoms. The molecule has 2 aromatic carbocycles. The van der Waals surface area contributed by atoms with Crippen LogP contribution in [0.3, 0.4) is 0 Å². The van der Waals surface area contributed by atoms with Crippen molar-refractivity contribution in [3.8, 4) is 0 Å². The summed E-state index contributed by atoms with van der Waals surface area (Å²) in [6.07, 6.45) is 4.65. The number of hydrogen-bond acceptors (Lipinski definition) is 2. The van der Waals surface area contributed by atoms with Crippen molar-refractivity contribution in [2.24, 2.45) is 5.73 Å². The van der Waals surface area contributed by atoms with Gasteiger partial charge >= 0.3 is 0 Å². The molecule has 0 fully saturated rings. The molecule has 1 aliphatic carbocycles. The van der Waals surface area contributed by atoms with Gasteiger partial charge < -0.3 is 11.1 Å². The van der Waals surface area contributed by atoms with Crippen molar-refractivity contribution < 1.29 is 0 Å². The van der Waals surface area contributed by atoms with Gasteiger partial charge in [-0.05, 0) is 48.1 Å². The number of aryl methyl sites for hydroxylation is 1. The zero-order valence-corrected chi connectivity index (χ0v) is 12.7. The number of nitrogens with one attached hydrogen (secondary N) is 1. The fourth-order valence-corrected chi connectivity index (χ4v) is 3.16.